The van der Waals surface area contributed by atoms with E-state index in [4.69, 9.17) is 14.2 Å². The summed E-state index contributed by atoms with van der Waals surface area (Å²) in [5.74, 6) is 0.830. The van der Waals surface area contributed by atoms with Crippen LogP contribution in [0, 0.1) is 0 Å². The molecule has 0 spiro atoms. The molecule has 17 heavy (non-hydrogen) atoms. The molecule has 1 aromatic carbocycles. The lowest BCUT2D eigenvalue weighted by Gasteiger charge is -2.27. The van der Waals surface area contributed by atoms with Gasteiger partial charge in [-0.15, -0.1) is 0 Å². The van der Waals surface area contributed by atoms with Gasteiger partial charge in [-0.1, -0.05) is 18.2 Å². The number of aliphatic hydroxyl groups is 1. The van der Waals surface area contributed by atoms with Crippen LogP contribution in [0.2, 0.25) is 0 Å². The summed E-state index contributed by atoms with van der Waals surface area (Å²) in [4.78, 5) is 0. The molecule has 2 unspecified atom stereocenters. The number of hydrogen-bond donors (Lipinski definition) is 1. The fourth-order valence-electron chi connectivity index (χ4n) is 1.74. The van der Waals surface area contributed by atoms with Crippen molar-refractivity contribution in [2.75, 3.05) is 26.4 Å². The molecular weight excluding hydrogens is 220 g/mol. The van der Waals surface area contributed by atoms with E-state index in [-0.39, 0.29) is 6.10 Å². The van der Waals surface area contributed by atoms with Gasteiger partial charge in [-0.3, -0.25) is 0 Å². The summed E-state index contributed by atoms with van der Waals surface area (Å²) in [5, 5.41) is 9.64. The van der Waals surface area contributed by atoms with Crippen molar-refractivity contribution in [3.05, 3.63) is 30.3 Å². The van der Waals surface area contributed by atoms with Crippen LogP contribution in [-0.2, 0) is 9.47 Å². The minimum absolute atomic E-state index is 0.219. The molecule has 0 aliphatic carbocycles. The van der Waals surface area contributed by atoms with Crippen molar-refractivity contribution in [3.63, 3.8) is 0 Å². The Morgan fingerprint density at radius 3 is 2.82 bits per heavy atom. The monoisotopic (exact) mass is 238 g/mol. The summed E-state index contributed by atoms with van der Waals surface area (Å²) in [7, 11) is 0. The molecule has 4 heteroatoms. The summed E-state index contributed by atoms with van der Waals surface area (Å²) in [5.41, 5.74) is 0. The van der Waals surface area contributed by atoms with Crippen molar-refractivity contribution in [2.45, 2.75) is 18.6 Å². The van der Waals surface area contributed by atoms with Crippen LogP contribution in [0.4, 0.5) is 0 Å². The molecule has 0 saturated carbocycles. The molecule has 1 saturated heterocycles. The molecule has 4 nitrogen and oxygen atoms in total. The molecule has 1 aliphatic rings. The van der Waals surface area contributed by atoms with Crippen molar-refractivity contribution in [1.29, 1.82) is 0 Å². The molecule has 1 aliphatic heterocycles. The van der Waals surface area contributed by atoms with Gasteiger partial charge in [0.2, 0.25) is 0 Å². The van der Waals surface area contributed by atoms with Crippen LogP contribution in [0.3, 0.4) is 0 Å². The normalized spacial score (nSPS) is 24.5. The number of ether oxygens (including phenoxy) is 3. The van der Waals surface area contributed by atoms with Gasteiger partial charge in [0, 0.05) is 6.61 Å². The van der Waals surface area contributed by atoms with Gasteiger partial charge in [-0.2, -0.15) is 0 Å². The standard InChI is InChI=1S/C13H18O4/c14-12-6-7-15-10-13(12)17-9-8-16-11-4-2-1-3-5-11/h1-5,12-14H,6-10H2. The summed E-state index contributed by atoms with van der Waals surface area (Å²) < 4.78 is 16.2. The summed E-state index contributed by atoms with van der Waals surface area (Å²) in [6, 6.07) is 9.60. The van der Waals surface area contributed by atoms with Gasteiger partial charge in [0.05, 0.1) is 19.3 Å². The van der Waals surface area contributed by atoms with Crippen LogP contribution in [-0.4, -0.2) is 43.7 Å². The number of aliphatic hydroxyl groups excluding tert-OH is 1. The van der Waals surface area contributed by atoms with E-state index in [1.54, 1.807) is 0 Å². The Kier molecular flexibility index (Phi) is 4.79. The number of rotatable bonds is 5. The molecule has 1 fully saturated rings. The largest absolute Gasteiger partial charge is 0.491 e. The minimum Gasteiger partial charge on any atom is -0.491 e. The van der Waals surface area contributed by atoms with Crippen LogP contribution in [0.1, 0.15) is 6.42 Å². The molecule has 94 valence electrons. The second kappa shape index (κ2) is 6.59. The zero-order valence-electron chi connectivity index (χ0n) is 9.75. The first-order chi connectivity index (χ1) is 8.36. The van der Waals surface area contributed by atoms with E-state index in [1.807, 2.05) is 30.3 Å². The van der Waals surface area contributed by atoms with E-state index in [0.29, 0.717) is 32.8 Å². The maximum atomic E-state index is 9.64. The molecule has 0 aromatic heterocycles. The molecule has 2 atom stereocenters. The molecule has 1 heterocycles. The third kappa shape index (κ3) is 4.00. The zero-order chi connectivity index (χ0) is 11.9. The molecular formula is C13H18O4. The van der Waals surface area contributed by atoms with E-state index in [0.717, 1.165) is 5.75 Å². The second-order valence-corrected chi connectivity index (χ2v) is 4.00. The lowest BCUT2D eigenvalue weighted by Crippen LogP contribution is -2.39. The van der Waals surface area contributed by atoms with E-state index in [1.165, 1.54) is 0 Å². The molecule has 0 amide bonds. The Morgan fingerprint density at radius 2 is 2.06 bits per heavy atom. The van der Waals surface area contributed by atoms with Gasteiger partial charge in [0.15, 0.2) is 0 Å². The van der Waals surface area contributed by atoms with Crippen LogP contribution in [0.25, 0.3) is 0 Å². The quantitative estimate of drug-likeness (QED) is 0.784. The third-order valence-electron chi connectivity index (χ3n) is 2.70. The van der Waals surface area contributed by atoms with E-state index in [9.17, 15) is 5.11 Å². The second-order valence-electron chi connectivity index (χ2n) is 4.00. The van der Waals surface area contributed by atoms with Gasteiger partial charge in [0.25, 0.3) is 0 Å². The van der Waals surface area contributed by atoms with Crippen LogP contribution in [0.5, 0.6) is 5.75 Å². The first kappa shape index (κ1) is 12.4. The Bertz CT molecular complexity index is 314. The number of para-hydroxylation sites is 1. The Hall–Kier alpha value is -1.10. The fourth-order valence-corrected chi connectivity index (χ4v) is 1.74. The van der Waals surface area contributed by atoms with E-state index >= 15 is 0 Å². The van der Waals surface area contributed by atoms with Gasteiger partial charge in [0.1, 0.15) is 18.5 Å². The highest BCUT2D eigenvalue weighted by Crippen LogP contribution is 2.11. The average molecular weight is 238 g/mol. The van der Waals surface area contributed by atoms with E-state index in [2.05, 4.69) is 0 Å². The smallest absolute Gasteiger partial charge is 0.119 e. The van der Waals surface area contributed by atoms with Crippen LogP contribution in [0.15, 0.2) is 30.3 Å². The van der Waals surface area contributed by atoms with Gasteiger partial charge in [-0.05, 0) is 18.6 Å². The van der Waals surface area contributed by atoms with E-state index < -0.39 is 6.10 Å². The van der Waals surface area contributed by atoms with Gasteiger partial charge in [-0.25, -0.2) is 0 Å². The summed E-state index contributed by atoms with van der Waals surface area (Å²) in [6.45, 7) is 2.02. The first-order valence-electron chi connectivity index (χ1n) is 5.91. The minimum atomic E-state index is -0.416. The number of hydrogen-bond acceptors (Lipinski definition) is 4. The molecule has 2 rings (SSSR count). The van der Waals surface area contributed by atoms with Crippen molar-refractivity contribution in [3.8, 4) is 5.75 Å². The lowest BCUT2D eigenvalue weighted by atomic mass is 10.1. The molecule has 0 bridgehead atoms. The maximum absolute atomic E-state index is 9.64. The zero-order valence-corrected chi connectivity index (χ0v) is 9.75. The summed E-state index contributed by atoms with van der Waals surface area (Å²) >= 11 is 0. The lowest BCUT2D eigenvalue weighted by molar-refractivity contribution is -0.120. The Labute approximate surface area is 101 Å². The molecule has 0 radical (unpaired) electrons. The molecule has 1 N–H and O–H groups in total. The first-order valence-corrected chi connectivity index (χ1v) is 5.91. The van der Waals surface area contributed by atoms with Crippen molar-refractivity contribution < 1.29 is 19.3 Å². The van der Waals surface area contributed by atoms with Crippen LogP contribution < -0.4 is 4.74 Å². The van der Waals surface area contributed by atoms with Crippen molar-refractivity contribution >= 4 is 0 Å². The highest BCUT2D eigenvalue weighted by molar-refractivity contribution is 5.20. The molecule has 1 aromatic rings. The Balaban J connectivity index is 1.63. The summed E-state index contributed by atoms with van der Waals surface area (Å²) in [6.07, 6.45) is 0.00751. The number of benzene rings is 1. The van der Waals surface area contributed by atoms with Crippen LogP contribution >= 0.6 is 0 Å². The fraction of sp³-hybridized carbons (Fsp3) is 0.538. The highest BCUT2D eigenvalue weighted by atomic mass is 16.6. The Morgan fingerprint density at radius 1 is 1.24 bits per heavy atom. The van der Waals surface area contributed by atoms with Gasteiger partial charge >= 0.3 is 0 Å². The van der Waals surface area contributed by atoms with Crippen molar-refractivity contribution in [1.82, 2.24) is 0 Å². The average Bonchev–Trinajstić information content (AvgIpc) is 2.38. The SMILES string of the molecule is OC1CCOCC1OCCOc1ccccc1. The maximum Gasteiger partial charge on any atom is 0.119 e. The predicted molar refractivity (Wildman–Crippen MR) is 63.1 cm³/mol. The van der Waals surface area contributed by atoms with Crippen molar-refractivity contribution in [2.24, 2.45) is 0 Å². The van der Waals surface area contributed by atoms with Gasteiger partial charge < -0.3 is 19.3 Å². The topological polar surface area (TPSA) is 47.9 Å². The predicted octanol–water partition coefficient (Wildman–Crippen LogP) is 1.23. The third-order valence-corrected chi connectivity index (χ3v) is 2.70. The highest BCUT2D eigenvalue weighted by Gasteiger charge is 2.23.